The number of pyridine rings is 1. The van der Waals surface area contributed by atoms with Gasteiger partial charge in [-0.25, -0.2) is 0 Å². The van der Waals surface area contributed by atoms with Gasteiger partial charge in [0, 0.05) is 43.6 Å². The number of amides is 1. The van der Waals surface area contributed by atoms with E-state index < -0.39 is 6.10 Å². The quantitative estimate of drug-likeness (QED) is 0.859. The molecule has 1 aliphatic heterocycles. The zero-order valence-electron chi connectivity index (χ0n) is 14.0. The number of rotatable bonds is 6. The molecule has 0 spiro atoms. The largest absolute Gasteiger partial charge is 0.366 e. The molecule has 1 aromatic carbocycles. The fraction of sp³-hybridized carbons (Fsp3) is 0.368. The lowest BCUT2D eigenvalue weighted by molar-refractivity contribution is -0.145. The van der Waals surface area contributed by atoms with Crippen molar-refractivity contribution in [3.05, 3.63) is 64.9 Å². The first kappa shape index (κ1) is 17.9. The summed E-state index contributed by atoms with van der Waals surface area (Å²) in [5.74, 6) is 0.0185. The molecule has 0 aliphatic carbocycles. The van der Waals surface area contributed by atoms with Crippen molar-refractivity contribution in [3.8, 4) is 0 Å². The molecule has 1 saturated heterocycles. The molecule has 1 aliphatic rings. The van der Waals surface area contributed by atoms with Crippen molar-refractivity contribution in [2.45, 2.75) is 19.1 Å². The van der Waals surface area contributed by atoms with Gasteiger partial charge < -0.3 is 15.0 Å². The third-order valence-electron chi connectivity index (χ3n) is 4.19. The number of benzene rings is 1. The molecular formula is C19H22ClN3O2. The number of aromatic nitrogens is 1. The highest BCUT2D eigenvalue weighted by Crippen LogP contribution is 2.13. The summed E-state index contributed by atoms with van der Waals surface area (Å²) >= 11 is 5.94. The van der Waals surface area contributed by atoms with Gasteiger partial charge in [-0.15, -0.1) is 0 Å². The van der Waals surface area contributed by atoms with Gasteiger partial charge in [-0.1, -0.05) is 29.8 Å². The smallest absolute Gasteiger partial charge is 0.253 e. The van der Waals surface area contributed by atoms with E-state index in [2.05, 4.69) is 10.3 Å². The van der Waals surface area contributed by atoms with Crippen LogP contribution in [-0.4, -0.2) is 48.1 Å². The van der Waals surface area contributed by atoms with Crippen LogP contribution in [0.1, 0.15) is 11.1 Å². The van der Waals surface area contributed by atoms with Crippen LogP contribution in [-0.2, 0) is 22.5 Å². The number of nitrogens with zero attached hydrogens (tertiary/aromatic N) is 2. The van der Waals surface area contributed by atoms with E-state index in [0.29, 0.717) is 31.3 Å². The lowest BCUT2D eigenvalue weighted by Crippen LogP contribution is -2.49. The average molecular weight is 360 g/mol. The van der Waals surface area contributed by atoms with E-state index >= 15 is 0 Å². The van der Waals surface area contributed by atoms with Gasteiger partial charge >= 0.3 is 0 Å². The molecule has 25 heavy (non-hydrogen) atoms. The molecule has 2 heterocycles. The van der Waals surface area contributed by atoms with Crippen LogP contribution in [0.5, 0.6) is 0 Å². The molecule has 0 bridgehead atoms. The normalized spacial score (nSPS) is 17.2. The second kappa shape index (κ2) is 8.94. The molecule has 5 nitrogen and oxygen atoms in total. The van der Waals surface area contributed by atoms with E-state index in [1.807, 2.05) is 41.3 Å². The first-order valence-electron chi connectivity index (χ1n) is 8.47. The van der Waals surface area contributed by atoms with Crippen molar-refractivity contribution < 1.29 is 9.53 Å². The van der Waals surface area contributed by atoms with Gasteiger partial charge in [0.1, 0.15) is 6.10 Å². The maximum absolute atomic E-state index is 12.9. The van der Waals surface area contributed by atoms with Gasteiger partial charge in [-0.3, -0.25) is 9.78 Å². The maximum Gasteiger partial charge on any atom is 0.253 e. The summed E-state index contributed by atoms with van der Waals surface area (Å²) in [6.45, 7) is 3.06. The van der Waals surface area contributed by atoms with Crippen molar-refractivity contribution in [1.29, 1.82) is 0 Å². The Morgan fingerprint density at radius 2 is 2.12 bits per heavy atom. The van der Waals surface area contributed by atoms with Gasteiger partial charge in [-0.05, 0) is 35.7 Å². The Bertz CT molecular complexity index is 673. The van der Waals surface area contributed by atoms with Gasteiger partial charge in [-0.2, -0.15) is 0 Å². The van der Waals surface area contributed by atoms with E-state index in [1.54, 1.807) is 12.4 Å². The number of carbonyl (C=O) groups is 1. The lowest BCUT2D eigenvalue weighted by atomic mass is 10.1. The highest BCUT2D eigenvalue weighted by Gasteiger charge is 2.26. The summed E-state index contributed by atoms with van der Waals surface area (Å²) in [5, 5.41) is 3.93. The Labute approximate surface area is 153 Å². The second-order valence-electron chi connectivity index (χ2n) is 6.06. The molecule has 0 unspecified atom stereocenters. The predicted molar refractivity (Wildman–Crippen MR) is 97.4 cm³/mol. The van der Waals surface area contributed by atoms with Crippen LogP contribution >= 0.6 is 11.6 Å². The van der Waals surface area contributed by atoms with Crippen LogP contribution in [0.25, 0.3) is 0 Å². The number of hydrogen-bond acceptors (Lipinski definition) is 4. The van der Waals surface area contributed by atoms with Crippen LogP contribution in [0.15, 0.2) is 48.8 Å². The zero-order chi connectivity index (χ0) is 17.5. The fourth-order valence-corrected chi connectivity index (χ4v) is 2.95. The Balaban J connectivity index is 1.68. The Morgan fingerprint density at radius 3 is 2.80 bits per heavy atom. The number of halogens is 1. The Kier molecular flexibility index (Phi) is 6.39. The molecule has 0 radical (unpaired) electrons. The third kappa shape index (κ3) is 5.26. The van der Waals surface area contributed by atoms with Crippen LogP contribution in [0.4, 0.5) is 0 Å². The summed E-state index contributed by atoms with van der Waals surface area (Å²) in [4.78, 5) is 18.9. The van der Waals surface area contributed by atoms with E-state index in [-0.39, 0.29) is 5.91 Å². The van der Waals surface area contributed by atoms with E-state index in [1.165, 1.54) is 0 Å². The SMILES string of the molecule is O=C([C@H]1CNCCO1)N(CCc1ccc(Cl)cc1)Cc1cccnc1. The molecule has 1 fully saturated rings. The number of morpholine rings is 1. The van der Waals surface area contributed by atoms with Crippen LogP contribution in [0.3, 0.4) is 0 Å². The third-order valence-corrected chi connectivity index (χ3v) is 4.45. The van der Waals surface area contributed by atoms with Crippen molar-refractivity contribution in [2.24, 2.45) is 0 Å². The standard InChI is InChI=1S/C19H22ClN3O2/c20-17-5-3-15(4-6-17)7-10-23(14-16-2-1-8-21-12-16)19(24)18-13-22-9-11-25-18/h1-6,8,12,18,22H,7,9-11,13-14H2/t18-/m1/s1. The van der Waals surface area contributed by atoms with E-state index in [9.17, 15) is 4.79 Å². The molecule has 2 aromatic rings. The number of hydrogen-bond donors (Lipinski definition) is 1. The summed E-state index contributed by atoms with van der Waals surface area (Å²) in [5.41, 5.74) is 2.16. The van der Waals surface area contributed by atoms with Crippen molar-refractivity contribution in [2.75, 3.05) is 26.2 Å². The fourth-order valence-electron chi connectivity index (χ4n) is 2.82. The Morgan fingerprint density at radius 1 is 1.28 bits per heavy atom. The molecular weight excluding hydrogens is 338 g/mol. The summed E-state index contributed by atoms with van der Waals surface area (Å²) in [6, 6.07) is 11.6. The molecule has 1 N–H and O–H groups in total. The van der Waals surface area contributed by atoms with Gasteiger partial charge in [0.05, 0.1) is 6.61 Å². The Hall–Kier alpha value is -1.95. The molecule has 1 amide bonds. The predicted octanol–water partition coefficient (Wildman–Crippen LogP) is 2.29. The summed E-state index contributed by atoms with van der Waals surface area (Å²) < 4.78 is 5.64. The molecule has 132 valence electrons. The highest BCUT2D eigenvalue weighted by molar-refractivity contribution is 6.30. The van der Waals surface area contributed by atoms with Gasteiger partial charge in [0.2, 0.25) is 0 Å². The topological polar surface area (TPSA) is 54.5 Å². The first-order valence-corrected chi connectivity index (χ1v) is 8.84. The lowest BCUT2D eigenvalue weighted by Gasteiger charge is -2.30. The van der Waals surface area contributed by atoms with Crippen molar-refractivity contribution in [3.63, 3.8) is 0 Å². The average Bonchev–Trinajstić information content (AvgIpc) is 2.67. The molecule has 3 rings (SSSR count). The first-order chi connectivity index (χ1) is 12.2. The minimum absolute atomic E-state index is 0.0185. The van der Waals surface area contributed by atoms with Crippen molar-refractivity contribution in [1.82, 2.24) is 15.2 Å². The van der Waals surface area contributed by atoms with Crippen LogP contribution in [0, 0.1) is 0 Å². The molecule has 6 heteroatoms. The van der Waals surface area contributed by atoms with Crippen LogP contribution < -0.4 is 5.32 Å². The minimum Gasteiger partial charge on any atom is -0.366 e. The second-order valence-corrected chi connectivity index (χ2v) is 6.50. The molecule has 0 saturated carbocycles. The maximum atomic E-state index is 12.9. The number of ether oxygens (including phenoxy) is 1. The highest BCUT2D eigenvalue weighted by atomic mass is 35.5. The number of carbonyl (C=O) groups excluding carboxylic acids is 1. The molecule has 1 atom stereocenters. The minimum atomic E-state index is -0.421. The van der Waals surface area contributed by atoms with E-state index in [0.717, 1.165) is 24.1 Å². The molecule has 1 aromatic heterocycles. The summed E-state index contributed by atoms with van der Waals surface area (Å²) in [6.07, 6.45) is 3.87. The zero-order valence-corrected chi connectivity index (χ0v) is 14.8. The monoisotopic (exact) mass is 359 g/mol. The summed E-state index contributed by atoms with van der Waals surface area (Å²) in [7, 11) is 0. The van der Waals surface area contributed by atoms with Gasteiger partial charge in [0.25, 0.3) is 5.91 Å². The van der Waals surface area contributed by atoms with Crippen molar-refractivity contribution >= 4 is 17.5 Å². The van der Waals surface area contributed by atoms with Gasteiger partial charge in [0.15, 0.2) is 0 Å². The number of nitrogens with one attached hydrogen (secondary N) is 1. The van der Waals surface area contributed by atoms with Crippen LogP contribution in [0.2, 0.25) is 5.02 Å². The van der Waals surface area contributed by atoms with E-state index in [4.69, 9.17) is 16.3 Å².